The summed E-state index contributed by atoms with van der Waals surface area (Å²) in [5, 5.41) is 4.51. The fourth-order valence-corrected chi connectivity index (χ4v) is 2.88. The van der Waals surface area contributed by atoms with Gasteiger partial charge in [0, 0.05) is 17.2 Å². The number of aromatic nitrogens is 3. The summed E-state index contributed by atoms with van der Waals surface area (Å²) in [6.07, 6.45) is 0. The lowest BCUT2D eigenvalue weighted by atomic mass is 10.1. The lowest BCUT2D eigenvalue weighted by Crippen LogP contribution is -2.26. The second-order valence-electron chi connectivity index (χ2n) is 6.04. The zero-order valence-electron chi connectivity index (χ0n) is 15.1. The molecule has 6 nitrogen and oxygen atoms in total. The summed E-state index contributed by atoms with van der Waals surface area (Å²) in [7, 11) is 0. The molecule has 1 amide bonds. The highest BCUT2D eigenvalue weighted by molar-refractivity contribution is 5.93. The van der Waals surface area contributed by atoms with Crippen molar-refractivity contribution in [2.45, 2.75) is 6.92 Å². The third kappa shape index (κ3) is 3.35. The van der Waals surface area contributed by atoms with Gasteiger partial charge in [0.15, 0.2) is 5.65 Å². The summed E-state index contributed by atoms with van der Waals surface area (Å²) in [6.45, 7) is 2.07. The van der Waals surface area contributed by atoms with Crippen LogP contribution in [0, 0.1) is 5.82 Å². The highest BCUT2D eigenvalue weighted by Gasteiger charge is 2.18. The number of hydroxylamine groups is 1. The fourth-order valence-electron chi connectivity index (χ4n) is 2.88. The molecule has 0 aliphatic carbocycles. The average Bonchev–Trinajstić information content (AvgIpc) is 3.16. The number of halogens is 1. The average molecular weight is 376 g/mol. The Morgan fingerprint density at radius 1 is 1.07 bits per heavy atom. The molecule has 0 fully saturated rings. The highest BCUT2D eigenvalue weighted by atomic mass is 19.1. The minimum Gasteiger partial charge on any atom is -0.274 e. The van der Waals surface area contributed by atoms with E-state index in [4.69, 9.17) is 4.84 Å². The molecular formula is C21H17FN4O2. The highest BCUT2D eigenvalue weighted by Crippen LogP contribution is 2.25. The van der Waals surface area contributed by atoms with Gasteiger partial charge in [-0.05, 0) is 25.1 Å². The van der Waals surface area contributed by atoms with E-state index in [1.807, 2.05) is 30.3 Å². The SMILES string of the molecule is CCONC(=O)c1cc(-c2ccccc2F)nc2cc(-c3ccccc3)nn12. The van der Waals surface area contributed by atoms with Crippen LogP contribution >= 0.6 is 0 Å². The van der Waals surface area contributed by atoms with E-state index in [2.05, 4.69) is 15.6 Å². The van der Waals surface area contributed by atoms with Crippen molar-refractivity contribution in [1.82, 2.24) is 20.1 Å². The first-order chi connectivity index (χ1) is 13.7. The van der Waals surface area contributed by atoms with Crippen molar-refractivity contribution in [1.29, 1.82) is 0 Å². The molecule has 0 spiro atoms. The Morgan fingerprint density at radius 3 is 2.57 bits per heavy atom. The minimum absolute atomic E-state index is 0.193. The molecule has 4 rings (SSSR count). The number of nitrogens with one attached hydrogen (secondary N) is 1. The van der Waals surface area contributed by atoms with Crippen LogP contribution in [0.3, 0.4) is 0 Å². The number of fused-ring (bicyclic) bond motifs is 1. The Hall–Kier alpha value is -3.58. The van der Waals surface area contributed by atoms with Crippen molar-refractivity contribution >= 4 is 11.6 Å². The molecule has 0 bridgehead atoms. The number of carbonyl (C=O) groups excluding carboxylic acids is 1. The second kappa shape index (κ2) is 7.58. The molecule has 0 atom stereocenters. The third-order valence-electron chi connectivity index (χ3n) is 4.19. The molecule has 7 heteroatoms. The van der Waals surface area contributed by atoms with E-state index in [0.717, 1.165) is 5.56 Å². The van der Waals surface area contributed by atoms with Gasteiger partial charge in [-0.15, -0.1) is 0 Å². The molecule has 0 unspecified atom stereocenters. The number of hydrogen-bond donors (Lipinski definition) is 1. The lowest BCUT2D eigenvalue weighted by Gasteiger charge is -2.09. The van der Waals surface area contributed by atoms with E-state index in [-0.39, 0.29) is 5.69 Å². The zero-order chi connectivity index (χ0) is 19.5. The predicted molar refractivity (Wildman–Crippen MR) is 103 cm³/mol. The van der Waals surface area contributed by atoms with Crippen molar-refractivity contribution in [2.24, 2.45) is 0 Å². The van der Waals surface area contributed by atoms with Crippen LogP contribution in [0.1, 0.15) is 17.4 Å². The van der Waals surface area contributed by atoms with Crippen molar-refractivity contribution in [2.75, 3.05) is 6.61 Å². The quantitative estimate of drug-likeness (QED) is 0.537. The molecule has 4 aromatic rings. The van der Waals surface area contributed by atoms with Crippen LogP contribution in [0.2, 0.25) is 0 Å². The summed E-state index contributed by atoms with van der Waals surface area (Å²) in [5.41, 5.74) is 5.17. The Bertz CT molecular complexity index is 1140. The van der Waals surface area contributed by atoms with Crippen LogP contribution in [-0.2, 0) is 4.84 Å². The molecule has 0 saturated heterocycles. The maximum Gasteiger partial charge on any atom is 0.293 e. The fraction of sp³-hybridized carbons (Fsp3) is 0.0952. The Balaban J connectivity index is 1.91. The smallest absolute Gasteiger partial charge is 0.274 e. The van der Waals surface area contributed by atoms with Crippen LogP contribution in [0.15, 0.2) is 66.7 Å². The molecule has 0 aliphatic heterocycles. The van der Waals surface area contributed by atoms with Gasteiger partial charge in [-0.2, -0.15) is 5.10 Å². The van der Waals surface area contributed by atoms with Crippen LogP contribution in [-0.4, -0.2) is 27.1 Å². The lowest BCUT2D eigenvalue weighted by molar-refractivity contribution is 0.0357. The maximum atomic E-state index is 14.3. The van der Waals surface area contributed by atoms with Gasteiger partial charge in [0.05, 0.1) is 18.0 Å². The van der Waals surface area contributed by atoms with Crippen molar-refractivity contribution in [3.05, 3.63) is 78.2 Å². The Kier molecular flexibility index (Phi) is 4.82. The molecule has 2 heterocycles. The second-order valence-corrected chi connectivity index (χ2v) is 6.04. The molecule has 28 heavy (non-hydrogen) atoms. The van der Waals surface area contributed by atoms with Crippen molar-refractivity contribution < 1.29 is 14.0 Å². The Morgan fingerprint density at radius 2 is 1.82 bits per heavy atom. The van der Waals surface area contributed by atoms with Crippen molar-refractivity contribution in [3.8, 4) is 22.5 Å². The van der Waals surface area contributed by atoms with Gasteiger partial charge in [0.1, 0.15) is 11.5 Å². The number of nitrogens with zero attached hydrogens (tertiary/aromatic N) is 3. The third-order valence-corrected chi connectivity index (χ3v) is 4.19. The van der Waals surface area contributed by atoms with Gasteiger partial charge in [0.25, 0.3) is 5.91 Å². The number of carbonyl (C=O) groups is 1. The van der Waals surface area contributed by atoms with Crippen LogP contribution < -0.4 is 5.48 Å². The topological polar surface area (TPSA) is 68.5 Å². The van der Waals surface area contributed by atoms with Crippen LogP contribution in [0.5, 0.6) is 0 Å². The zero-order valence-corrected chi connectivity index (χ0v) is 15.1. The van der Waals surface area contributed by atoms with E-state index in [0.29, 0.717) is 29.2 Å². The van der Waals surface area contributed by atoms with E-state index in [1.165, 1.54) is 16.6 Å². The first-order valence-corrected chi connectivity index (χ1v) is 8.80. The first-order valence-electron chi connectivity index (χ1n) is 8.80. The largest absolute Gasteiger partial charge is 0.293 e. The Labute approximate surface area is 160 Å². The molecule has 2 aromatic carbocycles. The molecule has 0 aliphatic rings. The van der Waals surface area contributed by atoms with E-state index < -0.39 is 11.7 Å². The summed E-state index contributed by atoms with van der Waals surface area (Å²) in [4.78, 5) is 22.2. The molecule has 2 aromatic heterocycles. The van der Waals surface area contributed by atoms with Crippen LogP contribution in [0.4, 0.5) is 4.39 Å². The molecule has 0 saturated carbocycles. The van der Waals surface area contributed by atoms with Gasteiger partial charge in [0.2, 0.25) is 0 Å². The first kappa shape index (κ1) is 17.8. The molecular weight excluding hydrogens is 359 g/mol. The molecule has 140 valence electrons. The van der Waals surface area contributed by atoms with E-state index in [1.54, 1.807) is 31.2 Å². The summed E-state index contributed by atoms with van der Waals surface area (Å²) >= 11 is 0. The van der Waals surface area contributed by atoms with Gasteiger partial charge in [-0.25, -0.2) is 19.4 Å². The van der Waals surface area contributed by atoms with Gasteiger partial charge in [-0.3, -0.25) is 9.63 Å². The van der Waals surface area contributed by atoms with Crippen molar-refractivity contribution in [3.63, 3.8) is 0 Å². The maximum absolute atomic E-state index is 14.3. The monoisotopic (exact) mass is 376 g/mol. The number of hydrogen-bond acceptors (Lipinski definition) is 4. The minimum atomic E-state index is -0.491. The summed E-state index contributed by atoms with van der Waals surface area (Å²) in [6, 6.07) is 19.1. The van der Waals surface area contributed by atoms with E-state index >= 15 is 0 Å². The van der Waals surface area contributed by atoms with Gasteiger partial charge < -0.3 is 0 Å². The van der Waals surface area contributed by atoms with Crippen LogP contribution in [0.25, 0.3) is 28.2 Å². The standard InChI is InChI=1S/C21H17FN4O2/c1-2-28-25-21(27)19-12-18(15-10-6-7-11-16(15)22)23-20-13-17(24-26(19)20)14-8-4-3-5-9-14/h3-13H,2H2,1H3,(H,25,27). The van der Waals surface area contributed by atoms with Gasteiger partial charge in [-0.1, -0.05) is 42.5 Å². The molecule has 1 N–H and O–H groups in total. The van der Waals surface area contributed by atoms with E-state index in [9.17, 15) is 9.18 Å². The number of benzene rings is 2. The summed E-state index contributed by atoms with van der Waals surface area (Å²) < 4.78 is 15.7. The number of rotatable bonds is 5. The molecule has 0 radical (unpaired) electrons. The van der Waals surface area contributed by atoms with Gasteiger partial charge >= 0.3 is 0 Å². The summed E-state index contributed by atoms with van der Waals surface area (Å²) in [5.74, 6) is -0.909. The number of amides is 1. The predicted octanol–water partition coefficient (Wildman–Crippen LogP) is 3.88. The normalized spacial score (nSPS) is 10.9.